The zero-order chi connectivity index (χ0) is 14.2. The second-order valence-electron chi connectivity index (χ2n) is 6.27. The lowest BCUT2D eigenvalue weighted by molar-refractivity contribution is 0.277. The highest BCUT2D eigenvalue weighted by molar-refractivity contribution is 6.39. The van der Waals surface area contributed by atoms with Crippen molar-refractivity contribution in [3.63, 3.8) is 0 Å². The van der Waals surface area contributed by atoms with Gasteiger partial charge in [0.25, 0.3) is 0 Å². The van der Waals surface area contributed by atoms with Gasteiger partial charge in [-0.25, -0.2) is 0 Å². The van der Waals surface area contributed by atoms with E-state index < -0.39 is 0 Å². The van der Waals surface area contributed by atoms with E-state index in [9.17, 15) is 0 Å². The first-order valence-corrected chi connectivity index (χ1v) is 7.53. The number of nitrogens with zero attached hydrogens (tertiary/aromatic N) is 1. The summed E-state index contributed by atoms with van der Waals surface area (Å²) in [4.78, 5) is 2.37. The highest BCUT2D eigenvalue weighted by Crippen LogP contribution is 2.37. The van der Waals surface area contributed by atoms with Crippen molar-refractivity contribution >= 4 is 28.9 Å². The molecule has 0 aromatic heterocycles. The molecule has 0 spiro atoms. The molecule has 1 saturated heterocycles. The van der Waals surface area contributed by atoms with Gasteiger partial charge in [-0.1, -0.05) is 43.1 Å². The molecule has 0 saturated carbocycles. The highest BCUT2D eigenvalue weighted by atomic mass is 35.5. The predicted octanol–water partition coefficient (Wildman–Crippen LogP) is 4.21. The molecule has 1 atom stereocenters. The maximum atomic E-state index is 6.38. The van der Waals surface area contributed by atoms with Gasteiger partial charge < -0.3 is 10.2 Å². The van der Waals surface area contributed by atoms with Crippen LogP contribution in [0.2, 0.25) is 10.0 Å². The number of halogens is 2. The summed E-state index contributed by atoms with van der Waals surface area (Å²) in [6, 6.07) is 6.13. The molecule has 1 aliphatic rings. The van der Waals surface area contributed by atoms with Crippen LogP contribution in [0.25, 0.3) is 0 Å². The van der Waals surface area contributed by atoms with Crippen LogP contribution in [-0.2, 0) is 0 Å². The molecule has 0 amide bonds. The van der Waals surface area contributed by atoms with Gasteiger partial charge in [-0.2, -0.15) is 0 Å². The van der Waals surface area contributed by atoms with E-state index in [1.807, 2.05) is 18.2 Å². The van der Waals surface area contributed by atoms with Crippen LogP contribution in [0.15, 0.2) is 18.2 Å². The Morgan fingerprint density at radius 1 is 1.26 bits per heavy atom. The van der Waals surface area contributed by atoms with Crippen LogP contribution >= 0.6 is 23.2 Å². The molecule has 0 radical (unpaired) electrons. The van der Waals surface area contributed by atoms with E-state index in [2.05, 4.69) is 37.9 Å². The third-order valence-corrected chi connectivity index (χ3v) is 4.36. The van der Waals surface area contributed by atoms with Crippen LogP contribution in [0.1, 0.15) is 27.7 Å². The first-order chi connectivity index (χ1) is 8.82. The molecule has 1 fully saturated rings. The number of benzene rings is 1. The van der Waals surface area contributed by atoms with Gasteiger partial charge in [0.2, 0.25) is 0 Å². The third-order valence-electron chi connectivity index (χ3n) is 3.75. The van der Waals surface area contributed by atoms with Gasteiger partial charge >= 0.3 is 0 Å². The molecule has 0 aliphatic carbocycles. The number of para-hydroxylation sites is 1. The van der Waals surface area contributed by atoms with Crippen LogP contribution in [0.3, 0.4) is 0 Å². The van der Waals surface area contributed by atoms with Crippen molar-refractivity contribution in [1.29, 1.82) is 0 Å². The number of piperazine rings is 1. The second kappa shape index (κ2) is 5.51. The summed E-state index contributed by atoms with van der Waals surface area (Å²) in [7, 11) is 0. The number of rotatable bonds is 2. The Balaban J connectivity index is 2.42. The van der Waals surface area contributed by atoms with E-state index in [0.29, 0.717) is 12.0 Å². The molecule has 1 aliphatic heterocycles. The average molecular weight is 301 g/mol. The van der Waals surface area contributed by atoms with E-state index in [4.69, 9.17) is 23.2 Å². The zero-order valence-corrected chi connectivity index (χ0v) is 13.5. The van der Waals surface area contributed by atoms with Crippen molar-refractivity contribution in [3.05, 3.63) is 28.2 Å². The van der Waals surface area contributed by atoms with E-state index >= 15 is 0 Å². The molecule has 1 unspecified atom stereocenters. The molecule has 1 N–H and O–H groups in total. The first kappa shape index (κ1) is 15.0. The number of nitrogens with one attached hydrogen (secondary N) is 1. The summed E-state index contributed by atoms with van der Waals surface area (Å²) in [6.45, 7) is 10.7. The Hall–Kier alpha value is -0.440. The Bertz CT molecular complexity index is 437. The minimum Gasteiger partial charge on any atom is -0.363 e. The van der Waals surface area contributed by atoms with Crippen LogP contribution in [-0.4, -0.2) is 24.7 Å². The normalized spacial score (nSPS) is 22.9. The Morgan fingerprint density at radius 3 is 2.37 bits per heavy atom. The summed E-state index contributed by atoms with van der Waals surface area (Å²) in [5, 5.41) is 5.07. The molecule has 1 aromatic carbocycles. The second-order valence-corrected chi connectivity index (χ2v) is 7.09. The smallest absolute Gasteiger partial charge is 0.0748 e. The molecule has 1 aromatic rings. The predicted molar refractivity (Wildman–Crippen MR) is 84.5 cm³/mol. The molecule has 2 rings (SSSR count). The van der Waals surface area contributed by atoms with Crippen LogP contribution in [0.4, 0.5) is 5.69 Å². The van der Waals surface area contributed by atoms with E-state index in [0.717, 1.165) is 28.8 Å². The maximum Gasteiger partial charge on any atom is 0.0748 e. The summed E-state index contributed by atoms with van der Waals surface area (Å²) >= 11 is 12.8. The van der Waals surface area contributed by atoms with Gasteiger partial charge in [-0.3, -0.25) is 0 Å². The summed E-state index contributed by atoms with van der Waals surface area (Å²) < 4.78 is 0. The lowest BCUT2D eigenvalue weighted by Gasteiger charge is -2.48. The molecule has 2 nitrogen and oxygen atoms in total. The number of anilines is 1. The van der Waals surface area contributed by atoms with Gasteiger partial charge in [0, 0.05) is 24.7 Å². The Morgan fingerprint density at radius 2 is 1.84 bits per heavy atom. The molecule has 106 valence electrons. The monoisotopic (exact) mass is 300 g/mol. The van der Waals surface area contributed by atoms with Gasteiger partial charge in [-0.05, 0) is 31.9 Å². The lowest BCUT2D eigenvalue weighted by Crippen LogP contribution is -2.63. The van der Waals surface area contributed by atoms with Crippen molar-refractivity contribution in [2.75, 3.05) is 18.0 Å². The van der Waals surface area contributed by atoms with Crippen molar-refractivity contribution in [2.45, 2.75) is 39.3 Å². The number of hydrogen-bond acceptors (Lipinski definition) is 2. The molecule has 4 heteroatoms. The van der Waals surface area contributed by atoms with Crippen LogP contribution in [0.5, 0.6) is 0 Å². The third kappa shape index (κ3) is 3.18. The fourth-order valence-electron chi connectivity index (χ4n) is 2.69. The minimum absolute atomic E-state index is 0.0634. The molecular weight excluding hydrogens is 279 g/mol. The van der Waals surface area contributed by atoms with E-state index in [1.54, 1.807) is 0 Å². The zero-order valence-electron chi connectivity index (χ0n) is 12.0. The van der Waals surface area contributed by atoms with Crippen LogP contribution in [0, 0.1) is 5.92 Å². The minimum atomic E-state index is 0.0634. The maximum absolute atomic E-state index is 6.38. The van der Waals surface area contributed by atoms with E-state index in [1.165, 1.54) is 0 Å². The Kier molecular flexibility index (Phi) is 4.34. The van der Waals surface area contributed by atoms with Gasteiger partial charge in [-0.15, -0.1) is 0 Å². The van der Waals surface area contributed by atoms with Crippen molar-refractivity contribution in [3.8, 4) is 0 Å². The lowest BCUT2D eigenvalue weighted by atomic mass is 9.92. The van der Waals surface area contributed by atoms with Crippen molar-refractivity contribution in [1.82, 2.24) is 5.32 Å². The standard InChI is InChI=1S/C15H22Cl2N2/c1-10(2)13-8-18-15(3,4)9-19(13)14-11(16)6-5-7-12(14)17/h5-7,10,13,18H,8-9H2,1-4H3. The number of hydrogen-bond donors (Lipinski definition) is 1. The fourth-order valence-corrected chi connectivity index (χ4v) is 3.31. The quantitative estimate of drug-likeness (QED) is 0.880. The summed E-state index contributed by atoms with van der Waals surface area (Å²) in [6.07, 6.45) is 0. The van der Waals surface area contributed by atoms with Gasteiger partial charge in [0.05, 0.1) is 15.7 Å². The highest BCUT2D eigenvalue weighted by Gasteiger charge is 2.35. The SMILES string of the molecule is CC(C)C1CNC(C)(C)CN1c1c(Cl)cccc1Cl. The first-order valence-electron chi connectivity index (χ1n) is 6.77. The van der Waals surface area contributed by atoms with Crippen LogP contribution < -0.4 is 10.2 Å². The van der Waals surface area contributed by atoms with Crippen molar-refractivity contribution < 1.29 is 0 Å². The topological polar surface area (TPSA) is 15.3 Å². The molecule has 0 bridgehead atoms. The average Bonchev–Trinajstić information content (AvgIpc) is 2.27. The summed E-state index contributed by atoms with van der Waals surface area (Å²) in [5.41, 5.74) is 1.03. The fraction of sp³-hybridized carbons (Fsp3) is 0.600. The molecule has 19 heavy (non-hydrogen) atoms. The largest absolute Gasteiger partial charge is 0.363 e. The van der Waals surface area contributed by atoms with Gasteiger partial charge in [0.1, 0.15) is 0 Å². The van der Waals surface area contributed by atoms with E-state index in [-0.39, 0.29) is 5.54 Å². The molecular formula is C15H22Cl2N2. The summed E-state index contributed by atoms with van der Waals surface area (Å²) in [5.74, 6) is 0.538. The van der Waals surface area contributed by atoms with Crippen molar-refractivity contribution in [2.24, 2.45) is 5.92 Å². The van der Waals surface area contributed by atoms with Gasteiger partial charge in [0.15, 0.2) is 0 Å². The Labute approximate surface area is 126 Å². The molecule has 1 heterocycles.